The van der Waals surface area contributed by atoms with Gasteiger partial charge < -0.3 is 4.74 Å². The lowest BCUT2D eigenvalue weighted by Crippen LogP contribution is -2.22. The standard InChI is InChI=1S/C18H19ClO2/c1-2-18(20)21-17(12-14-6-4-3-5-7-14)13-15-8-10-16(19)11-9-15/h3-11,17H,2,12-13H2,1H3. The lowest BCUT2D eigenvalue weighted by atomic mass is 10.0. The monoisotopic (exact) mass is 302 g/mol. The summed E-state index contributed by atoms with van der Waals surface area (Å²) in [5.74, 6) is -0.162. The van der Waals surface area contributed by atoms with E-state index in [1.54, 1.807) is 0 Å². The maximum atomic E-state index is 11.6. The van der Waals surface area contributed by atoms with E-state index >= 15 is 0 Å². The Kier molecular flexibility index (Phi) is 5.82. The van der Waals surface area contributed by atoms with Gasteiger partial charge in [0.2, 0.25) is 0 Å². The zero-order valence-electron chi connectivity index (χ0n) is 12.1. The van der Waals surface area contributed by atoms with E-state index in [0.717, 1.165) is 12.0 Å². The summed E-state index contributed by atoms with van der Waals surface area (Å²) in [6.45, 7) is 1.81. The summed E-state index contributed by atoms with van der Waals surface area (Å²) >= 11 is 5.90. The van der Waals surface area contributed by atoms with Gasteiger partial charge in [-0.2, -0.15) is 0 Å². The Bertz CT molecular complexity index is 564. The predicted molar refractivity (Wildman–Crippen MR) is 85.5 cm³/mol. The quantitative estimate of drug-likeness (QED) is 0.737. The van der Waals surface area contributed by atoms with Crippen LogP contribution in [-0.2, 0) is 22.4 Å². The van der Waals surface area contributed by atoms with E-state index in [1.807, 2.05) is 49.4 Å². The number of esters is 1. The minimum atomic E-state index is -0.162. The molecule has 0 N–H and O–H groups in total. The summed E-state index contributed by atoms with van der Waals surface area (Å²) in [4.78, 5) is 11.6. The van der Waals surface area contributed by atoms with Crippen molar-refractivity contribution in [1.82, 2.24) is 0 Å². The van der Waals surface area contributed by atoms with Crippen LogP contribution in [0.2, 0.25) is 5.02 Å². The fourth-order valence-electron chi connectivity index (χ4n) is 2.19. The van der Waals surface area contributed by atoms with Crippen LogP contribution in [0.4, 0.5) is 0 Å². The third kappa shape index (κ3) is 5.24. The Hall–Kier alpha value is -1.80. The van der Waals surface area contributed by atoms with Crippen LogP contribution in [0.1, 0.15) is 24.5 Å². The summed E-state index contributed by atoms with van der Waals surface area (Å²) in [5.41, 5.74) is 2.28. The smallest absolute Gasteiger partial charge is 0.305 e. The molecule has 21 heavy (non-hydrogen) atoms. The Balaban J connectivity index is 2.07. The molecule has 0 bridgehead atoms. The summed E-state index contributed by atoms with van der Waals surface area (Å²) in [5, 5.41) is 0.712. The average Bonchev–Trinajstić information content (AvgIpc) is 2.50. The SMILES string of the molecule is CCC(=O)OC(Cc1ccccc1)Cc1ccc(Cl)cc1. The number of carbonyl (C=O) groups is 1. The van der Waals surface area contributed by atoms with Crippen LogP contribution in [0.5, 0.6) is 0 Å². The molecule has 0 heterocycles. The number of hydrogen-bond acceptors (Lipinski definition) is 2. The first kappa shape index (κ1) is 15.6. The van der Waals surface area contributed by atoms with Crippen LogP contribution in [0.15, 0.2) is 54.6 Å². The van der Waals surface area contributed by atoms with Crippen molar-refractivity contribution >= 4 is 17.6 Å². The van der Waals surface area contributed by atoms with Gasteiger partial charge >= 0.3 is 5.97 Å². The van der Waals surface area contributed by atoms with Gasteiger partial charge in [0.1, 0.15) is 6.10 Å². The lowest BCUT2D eigenvalue weighted by Gasteiger charge is -2.18. The second-order valence-corrected chi connectivity index (χ2v) is 5.42. The highest BCUT2D eigenvalue weighted by molar-refractivity contribution is 6.30. The molecule has 0 amide bonds. The van der Waals surface area contributed by atoms with Crippen molar-refractivity contribution in [2.24, 2.45) is 0 Å². The highest BCUT2D eigenvalue weighted by Crippen LogP contribution is 2.15. The number of ether oxygens (including phenoxy) is 1. The predicted octanol–water partition coefficient (Wildman–Crippen LogP) is 4.45. The summed E-state index contributed by atoms with van der Waals surface area (Å²) < 4.78 is 5.57. The molecule has 2 nitrogen and oxygen atoms in total. The molecule has 1 atom stereocenters. The molecule has 0 aromatic heterocycles. The van der Waals surface area contributed by atoms with Crippen molar-refractivity contribution in [2.75, 3.05) is 0 Å². The van der Waals surface area contributed by atoms with E-state index < -0.39 is 0 Å². The molecule has 0 saturated carbocycles. The molecule has 0 saturated heterocycles. The molecule has 2 rings (SSSR count). The molecule has 3 heteroatoms. The van der Waals surface area contributed by atoms with Crippen LogP contribution in [-0.4, -0.2) is 12.1 Å². The zero-order chi connectivity index (χ0) is 15.1. The number of hydrogen-bond donors (Lipinski definition) is 0. The van der Waals surface area contributed by atoms with Gasteiger partial charge in [-0.15, -0.1) is 0 Å². The summed E-state index contributed by atoms with van der Waals surface area (Å²) in [6.07, 6.45) is 1.65. The minimum absolute atomic E-state index is 0.152. The second-order valence-electron chi connectivity index (χ2n) is 4.99. The molecule has 110 valence electrons. The maximum absolute atomic E-state index is 11.6. The topological polar surface area (TPSA) is 26.3 Å². The van der Waals surface area contributed by atoms with E-state index in [4.69, 9.17) is 16.3 Å². The van der Waals surface area contributed by atoms with Crippen molar-refractivity contribution in [3.63, 3.8) is 0 Å². The molecule has 2 aromatic rings. The summed E-state index contributed by atoms with van der Waals surface area (Å²) in [7, 11) is 0. The summed E-state index contributed by atoms with van der Waals surface area (Å²) in [6, 6.07) is 17.7. The number of rotatable bonds is 6. The molecule has 0 aliphatic rings. The van der Waals surface area contributed by atoms with E-state index in [2.05, 4.69) is 12.1 Å². The number of halogens is 1. The molecule has 0 fully saturated rings. The Morgan fingerprint density at radius 2 is 1.57 bits per heavy atom. The molecule has 2 aromatic carbocycles. The van der Waals surface area contributed by atoms with Crippen molar-refractivity contribution in [2.45, 2.75) is 32.3 Å². The van der Waals surface area contributed by atoms with Gasteiger partial charge in [0, 0.05) is 24.3 Å². The van der Waals surface area contributed by atoms with Crippen molar-refractivity contribution < 1.29 is 9.53 Å². The van der Waals surface area contributed by atoms with Gasteiger partial charge in [0.15, 0.2) is 0 Å². The number of benzene rings is 2. The van der Waals surface area contributed by atoms with Gasteiger partial charge in [-0.1, -0.05) is 61.0 Å². The molecule has 1 unspecified atom stereocenters. The van der Waals surface area contributed by atoms with Gasteiger partial charge in [-0.25, -0.2) is 0 Å². The van der Waals surface area contributed by atoms with E-state index in [1.165, 1.54) is 5.56 Å². The maximum Gasteiger partial charge on any atom is 0.305 e. The zero-order valence-corrected chi connectivity index (χ0v) is 12.8. The van der Waals surface area contributed by atoms with Gasteiger partial charge in [-0.05, 0) is 23.3 Å². The first-order valence-corrected chi connectivity index (χ1v) is 7.53. The third-order valence-electron chi connectivity index (χ3n) is 3.27. The van der Waals surface area contributed by atoms with Crippen molar-refractivity contribution in [1.29, 1.82) is 0 Å². The average molecular weight is 303 g/mol. The van der Waals surface area contributed by atoms with Gasteiger partial charge in [0.25, 0.3) is 0 Å². The molecule has 0 spiro atoms. The van der Waals surface area contributed by atoms with Crippen LogP contribution < -0.4 is 0 Å². The second kappa shape index (κ2) is 7.84. The number of carbonyl (C=O) groups excluding carboxylic acids is 1. The Morgan fingerprint density at radius 1 is 1.00 bits per heavy atom. The van der Waals surface area contributed by atoms with E-state index in [9.17, 15) is 4.79 Å². The fraction of sp³-hybridized carbons (Fsp3) is 0.278. The molecule has 0 aliphatic heterocycles. The highest BCUT2D eigenvalue weighted by atomic mass is 35.5. The van der Waals surface area contributed by atoms with E-state index in [0.29, 0.717) is 17.9 Å². The van der Waals surface area contributed by atoms with Crippen LogP contribution in [0.3, 0.4) is 0 Å². The van der Waals surface area contributed by atoms with Crippen LogP contribution in [0, 0.1) is 0 Å². The van der Waals surface area contributed by atoms with Gasteiger partial charge in [0.05, 0.1) is 0 Å². The van der Waals surface area contributed by atoms with Gasteiger partial charge in [-0.3, -0.25) is 4.79 Å². The molecule has 0 radical (unpaired) electrons. The fourth-order valence-corrected chi connectivity index (χ4v) is 2.31. The molecule has 0 aliphatic carbocycles. The minimum Gasteiger partial charge on any atom is -0.462 e. The van der Waals surface area contributed by atoms with Crippen LogP contribution in [0.25, 0.3) is 0 Å². The normalized spacial score (nSPS) is 11.9. The van der Waals surface area contributed by atoms with Crippen molar-refractivity contribution in [3.05, 3.63) is 70.7 Å². The van der Waals surface area contributed by atoms with Crippen molar-refractivity contribution in [3.8, 4) is 0 Å². The molecular formula is C18H19ClO2. The van der Waals surface area contributed by atoms with E-state index in [-0.39, 0.29) is 12.1 Å². The Labute approximate surface area is 130 Å². The molecular weight excluding hydrogens is 284 g/mol. The highest BCUT2D eigenvalue weighted by Gasteiger charge is 2.15. The first-order chi connectivity index (χ1) is 10.2. The lowest BCUT2D eigenvalue weighted by molar-refractivity contribution is -0.148. The first-order valence-electron chi connectivity index (χ1n) is 7.15. The Morgan fingerprint density at radius 3 is 2.14 bits per heavy atom. The third-order valence-corrected chi connectivity index (χ3v) is 3.52. The largest absolute Gasteiger partial charge is 0.462 e. The van der Waals surface area contributed by atoms with Crippen LogP contribution >= 0.6 is 11.6 Å².